The summed E-state index contributed by atoms with van der Waals surface area (Å²) in [4.78, 5) is 0. The van der Waals surface area contributed by atoms with Crippen molar-refractivity contribution in [1.29, 1.82) is 0 Å². The van der Waals surface area contributed by atoms with Crippen molar-refractivity contribution in [3.05, 3.63) is 23.8 Å². The lowest BCUT2D eigenvalue weighted by atomic mass is 9.65. The minimum atomic E-state index is 0.310. The van der Waals surface area contributed by atoms with Crippen LogP contribution < -0.4 is 0 Å². The van der Waals surface area contributed by atoms with Gasteiger partial charge >= 0.3 is 0 Å². The Morgan fingerprint density at radius 2 is 2.13 bits per heavy atom. The summed E-state index contributed by atoms with van der Waals surface area (Å²) in [7, 11) is 0. The number of ether oxygens (including phenoxy) is 1. The molecule has 0 unspecified atom stereocenters. The Morgan fingerprint density at radius 1 is 1.40 bits per heavy atom. The minimum absolute atomic E-state index is 0.310. The first kappa shape index (κ1) is 10.9. The second-order valence-electron chi connectivity index (χ2n) is 5.14. The van der Waals surface area contributed by atoms with Gasteiger partial charge in [-0.3, -0.25) is 0 Å². The number of fused-ring (bicyclic) bond motifs is 2. The van der Waals surface area contributed by atoms with Crippen LogP contribution >= 0.6 is 0 Å². The second kappa shape index (κ2) is 4.13. The van der Waals surface area contributed by atoms with Gasteiger partial charge in [0.1, 0.15) is 0 Å². The molecule has 2 bridgehead atoms. The smallest absolute Gasteiger partial charge is 0.0823 e. The highest BCUT2D eigenvalue weighted by Crippen LogP contribution is 2.44. The largest absolute Gasteiger partial charge is 0.373 e. The van der Waals surface area contributed by atoms with Crippen molar-refractivity contribution in [2.45, 2.75) is 33.8 Å². The molecule has 1 aliphatic heterocycles. The van der Waals surface area contributed by atoms with Crippen LogP contribution in [0.3, 0.4) is 0 Å². The Morgan fingerprint density at radius 3 is 2.80 bits per heavy atom. The van der Waals surface area contributed by atoms with E-state index in [-0.39, 0.29) is 0 Å². The molecule has 84 valence electrons. The normalized spacial score (nSPS) is 45.6. The molecule has 1 saturated heterocycles. The van der Waals surface area contributed by atoms with Crippen LogP contribution in [-0.2, 0) is 4.74 Å². The second-order valence-corrected chi connectivity index (χ2v) is 5.14. The molecule has 0 spiro atoms. The van der Waals surface area contributed by atoms with Crippen LogP contribution in [0.4, 0.5) is 0 Å². The maximum absolute atomic E-state index is 5.97. The predicted octanol–water partition coefficient (Wildman–Crippen LogP) is 3.43. The summed E-state index contributed by atoms with van der Waals surface area (Å²) >= 11 is 0. The van der Waals surface area contributed by atoms with Gasteiger partial charge in [-0.2, -0.15) is 0 Å². The van der Waals surface area contributed by atoms with E-state index >= 15 is 0 Å². The van der Waals surface area contributed by atoms with E-state index in [1.807, 2.05) is 0 Å². The van der Waals surface area contributed by atoms with Crippen molar-refractivity contribution in [3.63, 3.8) is 0 Å². The summed E-state index contributed by atoms with van der Waals surface area (Å²) < 4.78 is 5.97. The summed E-state index contributed by atoms with van der Waals surface area (Å²) in [6.07, 6.45) is 7.09. The lowest BCUT2D eigenvalue weighted by molar-refractivity contribution is -0.0687. The summed E-state index contributed by atoms with van der Waals surface area (Å²) in [5.74, 6) is 2.78. The van der Waals surface area contributed by atoms with Crippen LogP contribution in [0.5, 0.6) is 0 Å². The molecule has 0 aromatic carbocycles. The molecule has 1 nitrogen and oxygen atoms in total. The molecule has 15 heavy (non-hydrogen) atoms. The monoisotopic (exact) mass is 206 g/mol. The van der Waals surface area contributed by atoms with Crippen molar-refractivity contribution < 1.29 is 4.74 Å². The van der Waals surface area contributed by atoms with E-state index in [4.69, 9.17) is 4.74 Å². The molecule has 0 aromatic rings. The molecule has 0 aromatic heterocycles. The summed E-state index contributed by atoms with van der Waals surface area (Å²) in [5, 5.41) is 0. The highest BCUT2D eigenvalue weighted by molar-refractivity contribution is 5.19. The molecule has 1 heterocycles. The molecule has 0 radical (unpaired) electrons. The third-order valence-corrected chi connectivity index (χ3v) is 4.19. The molecule has 0 saturated carbocycles. The maximum Gasteiger partial charge on any atom is 0.0823 e. The van der Waals surface area contributed by atoms with Crippen molar-refractivity contribution in [1.82, 2.24) is 0 Å². The van der Waals surface area contributed by atoms with E-state index < -0.39 is 0 Å². The van der Waals surface area contributed by atoms with Crippen LogP contribution in [0.25, 0.3) is 0 Å². The molecule has 1 fully saturated rings. The number of hydrogen-bond acceptors (Lipinski definition) is 1. The average molecular weight is 206 g/mol. The lowest BCUT2D eigenvalue weighted by Gasteiger charge is -2.46. The third-order valence-electron chi connectivity index (χ3n) is 4.19. The van der Waals surface area contributed by atoms with Gasteiger partial charge in [0, 0.05) is 5.92 Å². The lowest BCUT2D eigenvalue weighted by Crippen LogP contribution is -2.45. The Balaban J connectivity index is 2.29. The van der Waals surface area contributed by atoms with E-state index in [0.29, 0.717) is 17.9 Å². The first-order valence-electron chi connectivity index (χ1n) is 6.08. The van der Waals surface area contributed by atoms with Crippen LogP contribution in [0, 0.1) is 23.7 Å². The van der Waals surface area contributed by atoms with Gasteiger partial charge in [0.05, 0.1) is 12.7 Å². The summed E-state index contributed by atoms with van der Waals surface area (Å²) in [6, 6.07) is 0. The Hall–Kier alpha value is -0.560. The van der Waals surface area contributed by atoms with E-state index in [2.05, 4.69) is 45.9 Å². The van der Waals surface area contributed by atoms with Crippen LogP contribution in [0.15, 0.2) is 23.8 Å². The van der Waals surface area contributed by atoms with Gasteiger partial charge in [0.25, 0.3) is 0 Å². The quantitative estimate of drug-likeness (QED) is 0.597. The van der Waals surface area contributed by atoms with Gasteiger partial charge in [-0.25, -0.2) is 0 Å². The number of allylic oxidation sites excluding steroid dienone is 2. The Labute approximate surface area is 93.2 Å². The highest BCUT2D eigenvalue weighted by atomic mass is 16.5. The zero-order valence-electron chi connectivity index (χ0n) is 10.2. The average Bonchev–Trinajstić information content (AvgIpc) is 2.15. The van der Waals surface area contributed by atoms with Gasteiger partial charge in [-0.15, -0.1) is 0 Å². The molecular formula is C14H22O. The standard InChI is InChI=1S/C14H22O/c1-5-6-13-14-10(3)7-9(2)12(8-15-13)11(14)4/h5-7,9,11-14H,8H2,1-4H3/b6-5+/t9-,11-,12-,13-,14+/m1/s1. The molecule has 1 heteroatoms. The van der Waals surface area contributed by atoms with Crippen molar-refractivity contribution in [2.24, 2.45) is 23.7 Å². The van der Waals surface area contributed by atoms with Gasteiger partial charge < -0.3 is 4.74 Å². The molecule has 5 atom stereocenters. The van der Waals surface area contributed by atoms with E-state index in [9.17, 15) is 0 Å². The first-order chi connectivity index (χ1) is 7.15. The number of hydrogen-bond donors (Lipinski definition) is 0. The molecule has 2 rings (SSSR count). The SMILES string of the molecule is C/C=C/[C@H]1OC[C@H]2[C@@H](C)[C@@H]1C(C)=C[C@H]2C. The van der Waals surface area contributed by atoms with Gasteiger partial charge in [-0.1, -0.05) is 37.6 Å². The van der Waals surface area contributed by atoms with Crippen molar-refractivity contribution in [2.75, 3.05) is 6.61 Å². The van der Waals surface area contributed by atoms with Crippen LogP contribution in [0.1, 0.15) is 27.7 Å². The zero-order valence-corrected chi connectivity index (χ0v) is 10.2. The van der Waals surface area contributed by atoms with Gasteiger partial charge in [-0.05, 0) is 31.6 Å². The van der Waals surface area contributed by atoms with E-state index in [1.165, 1.54) is 5.57 Å². The fourth-order valence-corrected chi connectivity index (χ4v) is 3.36. The fraction of sp³-hybridized carbons (Fsp3) is 0.714. The van der Waals surface area contributed by atoms with E-state index in [0.717, 1.165) is 18.4 Å². The molecule has 0 amide bonds. The fourth-order valence-electron chi connectivity index (χ4n) is 3.36. The number of rotatable bonds is 1. The minimum Gasteiger partial charge on any atom is -0.373 e. The molecule has 0 N–H and O–H groups in total. The van der Waals surface area contributed by atoms with Gasteiger partial charge in [0.15, 0.2) is 0 Å². The Kier molecular flexibility index (Phi) is 3.01. The topological polar surface area (TPSA) is 9.23 Å². The van der Waals surface area contributed by atoms with Crippen molar-refractivity contribution in [3.8, 4) is 0 Å². The van der Waals surface area contributed by atoms with E-state index in [1.54, 1.807) is 0 Å². The molecule has 1 aliphatic carbocycles. The van der Waals surface area contributed by atoms with Crippen molar-refractivity contribution >= 4 is 0 Å². The molecule has 2 aliphatic rings. The third kappa shape index (κ3) is 1.78. The van der Waals surface area contributed by atoms with Gasteiger partial charge in [0.2, 0.25) is 0 Å². The van der Waals surface area contributed by atoms with Crippen LogP contribution in [-0.4, -0.2) is 12.7 Å². The predicted molar refractivity (Wildman–Crippen MR) is 63.6 cm³/mol. The zero-order chi connectivity index (χ0) is 11.0. The molecular weight excluding hydrogens is 184 g/mol. The summed E-state index contributed by atoms with van der Waals surface area (Å²) in [6.45, 7) is 9.98. The van der Waals surface area contributed by atoms with Crippen LogP contribution in [0.2, 0.25) is 0 Å². The highest BCUT2D eigenvalue weighted by Gasteiger charge is 2.42. The Bertz CT molecular complexity index is 290. The summed E-state index contributed by atoms with van der Waals surface area (Å²) in [5.41, 5.74) is 1.52. The first-order valence-corrected chi connectivity index (χ1v) is 6.08. The maximum atomic E-state index is 5.97.